The number of amides is 1. The summed E-state index contributed by atoms with van der Waals surface area (Å²) in [6.07, 6.45) is -0.526. The maximum atomic E-state index is 12.3. The molecule has 2 aromatic carbocycles. The Bertz CT molecular complexity index is 804. The fourth-order valence-corrected chi connectivity index (χ4v) is 2.77. The highest BCUT2D eigenvalue weighted by Gasteiger charge is 2.31. The molecule has 1 atom stereocenters. The summed E-state index contributed by atoms with van der Waals surface area (Å²) in [7, 11) is 0. The van der Waals surface area contributed by atoms with Gasteiger partial charge in [-0.1, -0.05) is 40.9 Å². The summed E-state index contributed by atoms with van der Waals surface area (Å²) in [6.45, 7) is 1.94. The van der Waals surface area contributed by atoms with Crippen molar-refractivity contribution in [3.63, 3.8) is 0 Å². The van der Waals surface area contributed by atoms with Crippen LogP contribution in [0.4, 0.5) is 5.69 Å². The lowest BCUT2D eigenvalue weighted by molar-refractivity contribution is -0.125. The first-order chi connectivity index (χ1) is 10.9. The number of halogens is 2. The molecule has 0 fully saturated rings. The minimum Gasteiger partial charge on any atom is -0.448 e. The van der Waals surface area contributed by atoms with Crippen LogP contribution < -0.4 is 5.32 Å². The molecule has 1 aliphatic heterocycles. The van der Waals surface area contributed by atoms with Crippen molar-refractivity contribution in [2.75, 3.05) is 5.32 Å². The molecule has 0 bridgehead atoms. The van der Waals surface area contributed by atoms with Crippen LogP contribution in [0, 0.1) is 6.92 Å². The quantitative estimate of drug-likeness (QED) is 0.833. The largest absolute Gasteiger partial charge is 0.448 e. The highest BCUT2D eigenvalue weighted by molar-refractivity contribution is 6.42. The summed E-state index contributed by atoms with van der Waals surface area (Å²) in [5, 5.41) is 3.43. The third-order valence-corrected chi connectivity index (χ3v) is 4.35. The van der Waals surface area contributed by atoms with Gasteiger partial charge in [0.1, 0.15) is 0 Å². The number of hydrogen-bond donors (Lipinski definition) is 1. The minimum atomic E-state index is -0.869. The average molecular weight is 350 g/mol. The van der Waals surface area contributed by atoms with Crippen LogP contribution in [-0.2, 0) is 16.0 Å². The minimum absolute atomic E-state index is 0.339. The lowest BCUT2D eigenvalue weighted by Crippen LogP contribution is -2.38. The van der Waals surface area contributed by atoms with Crippen molar-refractivity contribution in [2.24, 2.45) is 0 Å². The third-order valence-electron chi connectivity index (χ3n) is 3.61. The van der Waals surface area contributed by atoms with E-state index < -0.39 is 18.0 Å². The van der Waals surface area contributed by atoms with Crippen molar-refractivity contribution in [3.8, 4) is 0 Å². The molecule has 0 saturated carbocycles. The van der Waals surface area contributed by atoms with E-state index in [0.29, 0.717) is 27.7 Å². The molecule has 0 radical (unpaired) electrons. The number of anilines is 1. The van der Waals surface area contributed by atoms with E-state index in [9.17, 15) is 9.59 Å². The summed E-state index contributed by atoms with van der Waals surface area (Å²) in [5.74, 6) is -0.885. The van der Waals surface area contributed by atoms with Gasteiger partial charge in [0, 0.05) is 12.1 Å². The Morgan fingerprint density at radius 2 is 1.96 bits per heavy atom. The first-order valence-corrected chi connectivity index (χ1v) is 7.76. The van der Waals surface area contributed by atoms with Crippen LogP contribution in [0.1, 0.15) is 21.5 Å². The van der Waals surface area contributed by atoms with Gasteiger partial charge in [-0.25, -0.2) is 4.79 Å². The maximum Gasteiger partial charge on any atom is 0.339 e. The Balaban J connectivity index is 1.78. The predicted octanol–water partition coefficient (Wildman–Crippen LogP) is 4.02. The van der Waals surface area contributed by atoms with Gasteiger partial charge in [0.25, 0.3) is 5.91 Å². The zero-order chi connectivity index (χ0) is 16.6. The molecule has 6 heteroatoms. The van der Waals surface area contributed by atoms with Crippen LogP contribution >= 0.6 is 23.2 Å². The lowest BCUT2D eigenvalue weighted by Gasteiger charge is -2.24. The van der Waals surface area contributed by atoms with Gasteiger partial charge in [-0.05, 0) is 36.8 Å². The van der Waals surface area contributed by atoms with Gasteiger partial charge in [0.05, 0.1) is 15.6 Å². The highest BCUT2D eigenvalue weighted by Crippen LogP contribution is 2.26. The number of hydrogen-bond acceptors (Lipinski definition) is 3. The van der Waals surface area contributed by atoms with Crippen LogP contribution in [-0.4, -0.2) is 18.0 Å². The Hall–Kier alpha value is -2.04. The molecular formula is C17H13Cl2NO3. The van der Waals surface area contributed by atoms with Crippen molar-refractivity contribution in [2.45, 2.75) is 19.4 Å². The highest BCUT2D eigenvalue weighted by atomic mass is 35.5. The molecule has 0 aromatic heterocycles. The molecule has 0 saturated heterocycles. The number of fused-ring (bicyclic) bond motifs is 1. The second-order valence-electron chi connectivity index (χ2n) is 5.38. The van der Waals surface area contributed by atoms with Crippen LogP contribution in [0.3, 0.4) is 0 Å². The fraction of sp³-hybridized carbons (Fsp3) is 0.176. The van der Waals surface area contributed by atoms with Crippen molar-refractivity contribution < 1.29 is 14.3 Å². The molecule has 2 aromatic rings. The number of ether oxygens (including phenoxy) is 1. The number of benzene rings is 2. The molecule has 3 rings (SSSR count). The second-order valence-corrected chi connectivity index (χ2v) is 6.19. The van der Waals surface area contributed by atoms with Crippen molar-refractivity contribution in [3.05, 3.63) is 63.1 Å². The SMILES string of the molecule is Cc1ccc2c(c1)CC(C(=O)Nc1ccc(Cl)c(Cl)c1)OC2=O. The van der Waals surface area contributed by atoms with E-state index in [2.05, 4.69) is 5.32 Å². The third kappa shape index (κ3) is 3.33. The van der Waals surface area contributed by atoms with Crippen molar-refractivity contribution >= 4 is 40.8 Å². The average Bonchev–Trinajstić information content (AvgIpc) is 2.50. The Labute approximate surface area is 143 Å². The monoisotopic (exact) mass is 349 g/mol. The maximum absolute atomic E-state index is 12.3. The van der Waals surface area contributed by atoms with Gasteiger partial charge in [-0.3, -0.25) is 4.79 Å². The summed E-state index contributed by atoms with van der Waals surface area (Å²) in [5.41, 5.74) is 2.85. The number of cyclic esters (lactones) is 1. The first-order valence-electron chi connectivity index (χ1n) is 7.00. The Morgan fingerprint density at radius 3 is 2.70 bits per heavy atom. The number of aryl methyl sites for hydroxylation is 1. The molecule has 1 heterocycles. The van der Waals surface area contributed by atoms with Gasteiger partial charge in [0.15, 0.2) is 6.10 Å². The number of rotatable bonds is 2. The fourth-order valence-electron chi connectivity index (χ4n) is 2.47. The molecule has 0 spiro atoms. The van der Waals surface area contributed by atoms with E-state index >= 15 is 0 Å². The molecular weight excluding hydrogens is 337 g/mol. The molecule has 23 heavy (non-hydrogen) atoms. The molecule has 0 aliphatic carbocycles. The Kier molecular flexibility index (Phi) is 4.28. The van der Waals surface area contributed by atoms with Crippen LogP contribution in [0.2, 0.25) is 10.0 Å². The van der Waals surface area contributed by atoms with Gasteiger partial charge in [0.2, 0.25) is 0 Å². The van der Waals surface area contributed by atoms with E-state index in [1.807, 2.05) is 19.1 Å². The van der Waals surface area contributed by atoms with Crippen LogP contribution in [0.5, 0.6) is 0 Å². The smallest absolute Gasteiger partial charge is 0.339 e. The van der Waals surface area contributed by atoms with Crippen LogP contribution in [0.25, 0.3) is 0 Å². The van der Waals surface area contributed by atoms with E-state index in [0.717, 1.165) is 11.1 Å². The molecule has 118 valence electrons. The van der Waals surface area contributed by atoms with Gasteiger partial charge >= 0.3 is 5.97 Å². The summed E-state index contributed by atoms with van der Waals surface area (Å²) in [4.78, 5) is 24.4. The lowest BCUT2D eigenvalue weighted by atomic mass is 9.96. The molecule has 1 unspecified atom stereocenters. The van der Waals surface area contributed by atoms with E-state index in [4.69, 9.17) is 27.9 Å². The second kappa shape index (κ2) is 6.22. The number of carbonyl (C=O) groups excluding carboxylic acids is 2. The Morgan fingerprint density at radius 1 is 1.17 bits per heavy atom. The normalized spacial score (nSPS) is 16.5. The molecule has 1 amide bonds. The molecule has 4 nitrogen and oxygen atoms in total. The van der Waals surface area contributed by atoms with Crippen LogP contribution in [0.15, 0.2) is 36.4 Å². The van der Waals surface area contributed by atoms with Gasteiger partial charge in [-0.15, -0.1) is 0 Å². The van der Waals surface area contributed by atoms with E-state index in [1.54, 1.807) is 24.3 Å². The van der Waals surface area contributed by atoms with Crippen molar-refractivity contribution in [1.82, 2.24) is 0 Å². The van der Waals surface area contributed by atoms with Crippen molar-refractivity contribution in [1.29, 1.82) is 0 Å². The van der Waals surface area contributed by atoms with Gasteiger partial charge in [-0.2, -0.15) is 0 Å². The predicted molar refractivity (Wildman–Crippen MR) is 89.2 cm³/mol. The molecule has 1 aliphatic rings. The number of carbonyl (C=O) groups is 2. The van der Waals surface area contributed by atoms with E-state index in [1.165, 1.54) is 0 Å². The first kappa shape index (κ1) is 15.8. The van der Waals surface area contributed by atoms with E-state index in [-0.39, 0.29) is 0 Å². The summed E-state index contributed by atoms with van der Waals surface area (Å²) in [6, 6.07) is 10.2. The number of esters is 1. The summed E-state index contributed by atoms with van der Waals surface area (Å²) < 4.78 is 5.23. The number of nitrogens with one attached hydrogen (secondary N) is 1. The topological polar surface area (TPSA) is 55.4 Å². The zero-order valence-corrected chi connectivity index (χ0v) is 13.7. The zero-order valence-electron chi connectivity index (χ0n) is 12.2. The van der Waals surface area contributed by atoms with Gasteiger partial charge < -0.3 is 10.1 Å². The molecule has 1 N–H and O–H groups in total. The summed E-state index contributed by atoms with van der Waals surface area (Å²) >= 11 is 11.8. The standard InChI is InChI=1S/C17H13Cl2NO3/c1-9-2-4-12-10(6-9)7-15(23-17(12)22)16(21)20-11-3-5-13(18)14(19)8-11/h2-6,8,15H,7H2,1H3,(H,20,21).